The summed E-state index contributed by atoms with van der Waals surface area (Å²) in [5, 5.41) is 0. The van der Waals surface area contributed by atoms with Gasteiger partial charge in [0.15, 0.2) is 0 Å². The van der Waals surface area contributed by atoms with Crippen LogP contribution in [0.4, 0.5) is 0 Å². The lowest BCUT2D eigenvalue weighted by atomic mass is 10.3. The highest BCUT2D eigenvalue weighted by Crippen LogP contribution is 2.17. The molecule has 2 rings (SSSR count). The minimum absolute atomic E-state index is 0.903. The van der Waals surface area contributed by atoms with E-state index in [4.69, 9.17) is 0 Å². The van der Waals surface area contributed by atoms with Gasteiger partial charge in [0.1, 0.15) is 11.6 Å². The largest absolute Gasteiger partial charge is 0.288 e. The molecule has 0 amide bonds. The zero-order valence-electron chi connectivity index (χ0n) is 8.03. The number of hydrogen-bond acceptors (Lipinski definition) is 2. The van der Waals surface area contributed by atoms with Crippen LogP contribution in [0.2, 0.25) is 0 Å². The Balaban J connectivity index is 2.53. The van der Waals surface area contributed by atoms with Crippen molar-refractivity contribution in [2.45, 2.75) is 13.8 Å². The number of aromatic nitrogens is 3. The van der Waals surface area contributed by atoms with Gasteiger partial charge in [-0.05, 0) is 41.4 Å². The summed E-state index contributed by atoms with van der Waals surface area (Å²) in [5.41, 5.74) is 1.17. The highest BCUT2D eigenvalue weighted by Gasteiger charge is 2.03. The molecule has 0 radical (unpaired) electrons. The number of hydrogen-bond donors (Lipinski definition) is 0. The first kappa shape index (κ1) is 9.40. The van der Waals surface area contributed by atoms with Gasteiger partial charge in [0.25, 0.3) is 0 Å². The van der Waals surface area contributed by atoms with Gasteiger partial charge in [-0.1, -0.05) is 0 Å². The smallest absolute Gasteiger partial charge is 0.138 e. The molecule has 4 heteroatoms. The lowest BCUT2D eigenvalue weighted by Gasteiger charge is -2.05. The summed E-state index contributed by atoms with van der Waals surface area (Å²) >= 11 is 3.42. The third-order valence-electron chi connectivity index (χ3n) is 2.11. The molecule has 0 aromatic carbocycles. The minimum atomic E-state index is 0.903. The van der Waals surface area contributed by atoms with Gasteiger partial charge in [0.2, 0.25) is 0 Å². The fourth-order valence-electron chi connectivity index (χ4n) is 1.28. The van der Waals surface area contributed by atoms with Gasteiger partial charge in [-0.15, -0.1) is 0 Å². The molecule has 2 heterocycles. The first-order valence-electron chi connectivity index (χ1n) is 4.31. The van der Waals surface area contributed by atoms with Crippen molar-refractivity contribution in [3.8, 4) is 5.82 Å². The third kappa shape index (κ3) is 1.57. The van der Waals surface area contributed by atoms with E-state index in [1.807, 2.05) is 36.9 Å². The number of aryl methyl sites for hydroxylation is 2. The van der Waals surface area contributed by atoms with Crippen LogP contribution in [0.15, 0.2) is 29.1 Å². The van der Waals surface area contributed by atoms with Gasteiger partial charge in [-0.25, -0.2) is 9.97 Å². The molecule has 0 aliphatic rings. The molecule has 0 unspecified atom stereocenters. The Morgan fingerprint density at radius 2 is 2.07 bits per heavy atom. The van der Waals surface area contributed by atoms with Gasteiger partial charge in [-0.3, -0.25) is 4.57 Å². The van der Waals surface area contributed by atoms with Crippen LogP contribution in [0.3, 0.4) is 0 Å². The predicted octanol–water partition coefficient (Wildman–Crippen LogP) is 2.65. The molecule has 3 nitrogen and oxygen atoms in total. The van der Waals surface area contributed by atoms with E-state index >= 15 is 0 Å². The van der Waals surface area contributed by atoms with Crippen LogP contribution in [0.25, 0.3) is 5.82 Å². The Hall–Kier alpha value is -1.16. The Morgan fingerprint density at radius 1 is 1.29 bits per heavy atom. The van der Waals surface area contributed by atoms with Crippen LogP contribution < -0.4 is 0 Å². The molecular formula is C10H10BrN3. The predicted molar refractivity (Wildman–Crippen MR) is 58.5 cm³/mol. The molecule has 14 heavy (non-hydrogen) atoms. The van der Waals surface area contributed by atoms with Crippen molar-refractivity contribution >= 4 is 15.9 Å². The van der Waals surface area contributed by atoms with Gasteiger partial charge in [-0.2, -0.15) is 0 Å². The highest BCUT2D eigenvalue weighted by atomic mass is 79.9. The molecule has 0 spiro atoms. The van der Waals surface area contributed by atoms with Crippen molar-refractivity contribution in [2.24, 2.45) is 0 Å². The fraction of sp³-hybridized carbons (Fsp3) is 0.200. The van der Waals surface area contributed by atoms with E-state index in [2.05, 4.69) is 25.9 Å². The maximum absolute atomic E-state index is 4.32. The summed E-state index contributed by atoms with van der Waals surface area (Å²) in [6, 6.07) is 2.03. The number of rotatable bonds is 1. The molecule has 0 saturated heterocycles. The molecule has 0 aliphatic carbocycles. The first-order valence-corrected chi connectivity index (χ1v) is 5.10. The SMILES string of the molecule is Cc1cc(-n2ccnc2C)ncc1Br. The summed E-state index contributed by atoms with van der Waals surface area (Å²) in [4.78, 5) is 8.47. The fourth-order valence-corrected chi connectivity index (χ4v) is 1.49. The van der Waals surface area contributed by atoms with E-state index in [1.54, 1.807) is 6.20 Å². The van der Waals surface area contributed by atoms with Crippen LogP contribution in [0.5, 0.6) is 0 Å². The van der Waals surface area contributed by atoms with Crippen molar-refractivity contribution in [1.82, 2.24) is 14.5 Å². The van der Waals surface area contributed by atoms with Crippen LogP contribution in [-0.2, 0) is 0 Å². The Labute approximate surface area is 90.9 Å². The molecule has 2 aromatic heterocycles. The van der Waals surface area contributed by atoms with E-state index < -0.39 is 0 Å². The highest BCUT2D eigenvalue weighted by molar-refractivity contribution is 9.10. The van der Waals surface area contributed by atoms with Crippen LogP contribution in [-0.4, -0.2) is 14.5 Å². The Morgan fingerprint density at radius 3 is 2.64 bits per heavy atom. The van der Waals surface area contributed by atoms with Crippen LogP contribution in [0.1, 0.15) is 11.4 Å². The minimum Gasteiger partial charge on any atom is -0.288 e. The van der Waals surface area contributed by atoms with Gasteiger partial charge >= 0.3 is 0 Å². The van der Waals surface area contributed by atoms with E-state index in [-0.39, 0.29) is 0 Å². The topological polar surface area (TPSA) is 30.7 Å². The average Bonchev–Trinajstić information content (AvgIpc) is 2.57. The summed E-state index contributed by atoms with van der Waals surface area (Å²) in [7, 11) is 0. The van der Waals surface area contributed by atoms with E-state index in [9.17, 15) is 0 Å². The molecule has 0 atom stereocenters. The zero-order valence-corrected chi connectivity index (χ0v) is 9.62. The lowest BCUT2D eigenvalue weighted by molar-refractivity contribution is 0.928. The second kappa shape index (κ2) is 3.53. The summed E-state index contributed by atoms with van der Waals surface area (Å²) in [6.07, 6.45) is 5.49. The summed E-state index contributed by atoms with van der Waals surface area (Å²) in [5.74, 6) is 1.85. The maximum Gasteiger partial charge on any atom is 0.138 e. The average molecular weight is 252 g/mol. The van der Waals surface area contributed by atoms with Crippen molar-refractivity contribution in [1.29, 1.82) is 0 Å². The van der Waals surface area contributed by atoms with Crippen molar-refractivity contribution in [3.63, 3.8) is 0 Å². The molecule has 0 saturated carbocycles. The number of halogens is 1. The van der Waals surface area contributed by atoms with Crippen molar-refractivity contribution in [2.75, 3.05) is 0 Å². The van der Waals surface area contributed by atoms with E-state index in [0.717, 1.165) is 16.1 Å². The van der Waals surface area contributed by atoms with Crippen molar-refractivity contribution in [3.05, 3.63) is 40.5 Å². The number of nitrogens with zero attached hydrogens (tertiary/aromatic N) is 3. The maximum atomic E-state index is 4.32. The third-order valence-corrected chi connectivity index (χ3v) is 2.94. The molecule has 0 aliphatic heterocycles. The van der Waals surface area contributed by atoms with Crippen molar-refractivity contribution < 1.29 is 0 Å². The van der Waals surface area contributed by atoms with Gasteiger partial charge in [0, 0.05) is 23.1 Å². The lowest BCUT2D eigenvalue weighted by Crippen LogP contribution is -1.99. The molecule has 0 fully saturated rings. The quantitative estimate of drug-likeness (QED) is 0.781. The summed E-state index contributed by atoms with van der Waals surface area (Å²) in [6.45, 7) is 4.00. The first-order chi connectivity index (χ1) is 6.68. The number of imidazole rings is 1. The van der Waals surface area contributed by atoms with Gasteiger partial charge < -0.3 is 0 Å². The van der Waals surface area contributed by atoms with Crippen LogP contribution >= 0.6 is 15.9 Å². The Bertz CT molecular complexity index is 462. The van der Waals surface area contributed by atoms with Gasteiger partial charge in [0.05, 0.1) is 0 Å². The number of pyridine rings is 1. The standard InChI is InChI=1S/C10H10BrN3/c1-7-5-10(13-6-9(7)11)14-4-3-12-8(14)2/h3-6H,1-2H3. The second-order valence-corrected chi connectivity index (χ2v) is 3.99. The molecular weight excluding hydrogens is 242 g/mol. The normalized spacial score (nSPS) is 10.5. The molecule has 2 aromatic rings. The monoisotopic (exact) mass is 251 g/mol. The van der Waals surface area contributed by atoms with Crippen LogP contribution in [0, 0.1) is 13.8 Å². The second-order valence-electron chi connectivity index (χ2n) is 3.14. The van der Waals surface area contributed by atoms with E-state index in [1.165, 1.54) is 5.56 Å². The molecule has 72 valence electrons. The van der Waals surface area contributed by atoms with E-state index in [0.29, 0.717) is 0 Å². The zero-order chi connectivity index (χ0) is 10.1. The Kier molecular flexibility index (Phi) is 2.37. The molecule has 0 bridgehead atoms. The summed E-state index contributed by atoms with van der Waals surface area (Å²) < 4.78 is 2.98. The molecule has 0 N–H and O–H groups in total.